The highest BCUT2D eigenvalue weighted by Crippen LogP contribution is 2.23. The van der Waals surface area contributed by atoms with Crippen LogP contribution in [0.2, 0.25) is 0 Å². The van der Waals surface area contributed by atoms with Crippen molar-refractivity contribution in [3.63, 3.8) is 0 Å². The maximum Gasteiger partial charge on any atom is 0.227 e. The Morgan fingerprint density at radius 3 is 2.26 bits per heavy atom. The van der Waals surface area contributed by atoms with E-state index in [0.29, 0.717) is 13.1 Å². The molecule has 0 aromatic heterocycles. The smallest absolute Gasteiger partial charge is 0.227 e. The molecule has 23 heavy (non-hydrogen) atoms. The van der Waals surface area contributed by atoms with Crippen LogP contribution in [0, 0.1) is 11.3 Å². The second-order valence-corrected chi connectivity index (χ2v) is 7.63. The highest BCUT2D eigenvalue weighted by Gasteiger charge is 2.33. The number of hydrogen-bond donors (Lipinski definition) is 2. The number of nitrogens with two attached hydrogens (primary N) is 1. The number of carbonyl (C=O) groups is 2. The van der Waals surface area contributed by atoms with Gasteiger partial charge in [-0.15, -0.1) is 12.4 Å². The molecule has 1 saturated heterocycles. The average molecular weight is 348 g/mol. The Bertz CT molecular complexity index is 403. The molecule has 1 unspecified atom stereocenters. The van der Waals surface area contributed by atoms with Gasteiger partial charge in [-0.2, -0.15) is 0 Å². The fraction of sp³-hybridized carbons (Fsp3) is 0.882. The first-order valence-electron chi connectivity index (χ1n) is 8.49. The van der Waals surface area contributed by atoms with Gasteiger partial charge in [0.05, 0.1) is 5.92 Å². The van der Waals surface area contributed by atoms with Crippen LogP contribution in [0.1, 0.15) is 60.3 Å². The van der Waals surface area contributed by atoms with Gasteiger partial charge in [0.1, 0.15) is 0 Å². The summed E-state index contributed by atoms with van der Waals surface area (Å²) in [5, 5.41) is 2.99. The van der Waals surface area contributed by atoms with Gasteiger partial charge in [0.25, 0.3) is 0 Å². The summed E-state index contributed by atoms with van der Waals surface area (Å²) >= 11 is 0. The second-order valence-electron chi connectivity index (χ2n) is 7.63. The molecule has 1 heterocycles. The monoisotopic (exact) mass is 347 g/mol. The predicted octanol–water partition coefficient (Wildman–Crippen LogP) is 2.33. The molecule has 0 bridgehead atoms. The highest BCUT2D eigenvalue weighted by atomic mass is 35.5. The first-order valence-corrected chi connectivity index (χ1v) is 8.49. The van der Waals surface area contributed by atoms with E-state index in [1.165, 1.54) is 0 Å². The maximum absolute atomic E-state index is 12.4. The Balaban J connectivity index is 0.00000484. The van der Waals surface area contributed by atoms with Gasteiger partial charge in [-0.3, -0.25) is 9.59 Å². The van der Waals surface area contributed by atoms with Crippen molar-refractivity contribution < 1.29 is 9.59 Å². The molecule has 0 saturated carbocycles. The van der Waals surface area contributed by atoms with E-state index in [4.69, 9.17) is 5.73 Å². The van der Waals surface area contributed by atoms with Crippen molar-refractivity contribution in [2.45, 2.75) is 65.8 Å². The molecule has 0 radical (unpaired) electrons. The number of rotatable bonds is 5. The first kappa shape index (κ1) is 22.2. The molecular formula is C17H34ClN3O2. The Morgan fingerprint density at radius 2 is 1.78 bits per heavy atom. The minimum Gasteiger partial charge on any atom is -0.354 e. The van der Waals surface area contributed by atoms with E-state index < -0.39 is 5.41 Å². The normalized spacial score (nSPS) is 19.0. The predicted molar refractivity (Wildman–Crippen MR) is 96.5 cm³/mol. The van der Waals surface area contributed by atoms with Gasteiger partial charge in [-0.25, -0.2) is 0 Å². The van der Waals surface area contributed by atoms with Crippen molar-refractivity contribution in [3.05, 3.63) is 0 Å². The van der Waals surface area contributed by atoms with E-state index in [0.717, 1.165) is 32.2 Å². The molecule has 3 N–H and O–H groups in total. The van der Waals surface area contributed by atoms with Crippen LogP contribution in [-0.2, 0) is 9.59 Å². The van der Waals surface area contributed by atoms with Crippen molar-refractivity contribution in [3.8, 4) is 0 Å². The number of amides is 2. The van der Waals surface area contributed by atoms with Gasteiger partial charge >= 0.3 is 0 Å². The molecule has 1 atom stereocenters. The Hall–Kier alpha value is -0.810. The van der Waals surface area contributed by atoms with E-state index in [-0.39, 0.29) is 35.7 Å². The lowest BCUT2D eigenvalue weighted by molar-refractivity contribution is -0.142. The van der Waals surface area contributed by atoms with Gasteiger partial charge in [0, 0.05) is 30.6 Å². The van der Waals surface area contributed by atoms with E-state index in [1.807, 2.05) is 39.5 Å². The van der Waals surface area contributed by atoms with Crippen LogP contribution in [0.5, 0.6) is 0 Å². The van der Waals surface area contributed by atoms with Crippen LogP contribution in [0.4, 0.5) is 0 Å². The van der Waals surface area contributed by atoms with Gasteiger partial charge in [-0.1, -0.05) is 34.6 Å². The van der Waals surface area contributed by atoms with Crippen LogP contribution in [0.3, 0.4) is 0 Å². The number of nitrogens with zero attached hydrogens (tertiary/aromatic N) is 1. The quantitative estimate of drug-likeness (QED) is 0.801. The third kappa shape index (κ3) is 6.30. The zero-order chi connectivity index (χ0) is 17.0. The number of likely N-dealkylation sites (tertiary alicyclic amines) is 1. The van der Waals surface area contributed by atoms with Gasteiger partial charge in [0.2, 0.25) is 11.8 Å². The number of piperidine rings is 1. The summed E-state index contributed by atoms with van der Waals surface area (Å²) in [6.07, 6.45) is 3.40. The van der Waals surface area contributed by atoms with Gasteiger partial charge < -0.3 is 16.0 Å². The number of nitrogens with one attached hydrogen (secondary N) is 1. The molecule has 0 aromatic carbocycles. The lowest BCUT2D eigenvalue weighted by Gasteiger charge is -2.36. The molecule has 0 aliphatic carbocycles. The van der Waals surface area contributed by atoms with E-state index in [9.17, 15) is 9.59 Å². The molecule has 6 heteroatoms. The topological polar surface area (TPSA) is 75.4 Å². The summed E-state index contributed by atoms with van der Waals surface area (Å²) in [5.41, 5.74) is 5.51. The Labute approximate surface area is 147 Å². The molecule has 1 rings (SSSR count). The van der Waals surface area contributed by atoms with E-state index >= 15 is 0 Å². The molecular weight excluding hydrogens is 314 g/mol. The third-order valence-electron chi connectivity index (χ3n) is 4.74. The Morgan fingerprint density at radius 1 is 1.22 bits per heavy atom. The van der Waals surface area contributed by atoms with Crippen LogP contribution in [0.15, 0.2) is 0 Å². The SMILES string of the molecule is CCC(N)(CC)CNC(=O)C1CCCN(C(=O)C(C)(C)C)C1.Cl. The Kier molecular flexibility index (Phi) is 8.57. The summed E-state index contributed by atoms with van der Waals surface area (Å²) < 4.78 is 0. The molecule has 0 aromatic rings. The number of hydrogen-bond acceptors (Lipinski definition) is 3. The van der Waals surface area contributed by atoms with E-state index in [1.54, 1.807) is 0 Å². The minimum atomic E-state index is -0.394. The molecule has 136 valence electrons. The average Bonchev–Trinajstić information content (AvgIpc) is 2.50. The van der Waals surface area contributed by atoms with Gasteiger partial charge in [0.15, 0.2) is 0 Å². The number of carbonyl (C=O) groups excluding carboxylic acids is 2. The van der Waals surface area contributed by atoms with Crippen molar-refractivity contribution in [1.29, 1.82) is 0 Å². The molecule has 1 aliphatic heterocycles. The van der Waals surface area contributed by atoms with Crippen LogP contribution in [0.25, 0.3) is 0 Å². The van der Waals surface area contributed by atoms with Crippen LogP contribution < -0.4 is 11.1 Å². The van der Waals surface area contributed by atoms with Crippen LogP contribution in [-0.4, -0.2) is 41.9 Å². The molecule has 5 nitrogen and oxygen atoms in total. The lowest BCUT2D eigenvalue weighted by Crippen LogP contribution is -2.53. The van der Waals surface area contributed by atoms with Gasteiger partial charge in [-0.05, 0) is 25.7 Å². The second kappa shape index (κ2) is 8.88. The van der Waals surface area contributed by atoms with Crippen molar-refractivity contribution >= 4 is 24.2 Å². The van der Waals surface area contributed by atoms with Crippen molar-refractivity contribution in [1.82, 2.24) is 10.2 Å². The maximum atomic E-state index is 12.4. The first-order chi connectivity index (χ1) is 10.1. The van der Waals surface area contributed by atoms with E-state index in [2.05, 4.69) is 5.32 Å². The summed E-state index contributed by atoms with van der Waals surface area (Å²) in [7, 11) is 0. The van der Waals surface area contributed by atoms with Crippen LogP contribution >= 0.6 is 12.4 Å². The summed E-state index contributed by atoms with van der Waals surface area (Å²) in [6.45, 7) is 11.6. The summed E-state index contributed by atoms with van der Waals surface area (Å²) in [4.78, 5) is 26.6. The zero-order valence-corrected chi connectivity index (χ0v) is 16.1. The zero-order valence-electron chi connectivity index (χ0n) is 15.3. The molecule has 1 aliphatic rings. The minimum absolute atomic E-state index is 0. The lowest BCUT2D eigenvalue weighted by atomic mass is 9.90. The summed E-state index contributed by atoms with van der Waals surface area (Å²) in [5.74, 6) is 0.0430. The number of halogens is 1. The standard InChI is InChI=1S/C17H33N3O2.ClH/c1-6-17(18,7-2)12-19-14(21)13-9-8-10-20(11-13)15(22)16(3,4)5;/h13H,6-12,18H2,1-5H3,(H,19,21);1H. The summed E-state index contributed by atoms with van der Waals surface area (Å²) in [6, 6.07) is 0. The largest absolute Gasteiger partial charge is 0.354 e. The third-order valence-corrected chi connectivity index (χ3v) is 4.74. The fourth-order valence-electron chi connectivity index (χ4n) is 2.76. The molecule has 0 spiro atoms. The molecule has 1 fully saturated rings. The van der Waals surface area contributed by atoms with Crippen molar-refractivity contribution in [2.75, 3.05) is 19.6 Å². The fourth-order valence-corrected chi connectivity index (χ4v) is 2.76. The van der Waals surface area contributed by atoms with Crippen molar-refractivity contribution in [2.24, 2.45) is 17.1 Å². The molecule has 2 amide bonds. The highest BCUT2D eigenvalue weighted by molar-refractivity contribution is 5.85.